The third-order valence-corrected chi connectivity index (χ3v) is 12.3. The molecule has 0 saturated heterocycles. The Morgan fingerprint density at radius 2 is 1.29 bits per heavy atom. The summed E-state index contributed by atoms with van der Waals surface area (Å²) in [5, 5.41) is 26.5. The van der Waals surface area contributed by atoms with E-state index < -0.39 is 18.0 Å². The van der Waals surface area contributed by atoms with Crippen LogP contribution < -0.4 is 29.6 Å². The number of carbonyl (C=O) groups is 2. The van der Waals surface area contributed by atoms with Gasteiger partial charge in [-0.3, -0.25) is 24.7 Å². The maximum Gasteiger partial charge on any atom is 0.328 e. The Morgan fingerprint density at radius 3 is 1.85 bits per heavy atom. The molecule has 72 heavy (non-hydrogen) atoms. The molecule has 7 rings (SSSR count). The number of aliphatic carboxylic acids is 1. The molecule has 4 N–H and O–H groups in total. The van der Waals surface area contributed by atoms with Crippen LogP contribution in [0.4, 0.5) is 0 Å². The summed E-state index contributed by atoms with van der Waals surface area (Å²) in [7, 11) is 2.98. The molecule has 0 saturated carbocycles. The number of ether oxygens (including phenoxy) is 5. The maximum absolute atomic E-state index is 11.7. The van der Waals surface area contributed by atoms with Crippen LogP contribution in [0, 0.1) is 13.8 Å². The highest BCUT2D eigenvalue weighted by Crippen LogP contribution is 2.37. The monoisotopic (exact) mass is 1010 g/mol. The maximum atomic E-state index is 11.7. The topological polar surface area (TPSA) is 195 Å². The van der Waals surface area contributed by atoms with Gasteiger partial charge in [-0.2, -0.15) is 0 Å². The summed E-state index contributed by atoms with van der Waals surface area (Å²) in [6.07, 6.45) is 10.3. The first-order valence-corrected chi connectivity index (χ1v) is 23.9. The van der Waals surface area contributed by atoms with Crippen molar-refractivity contribution in [3.63, 3.8) is 0 Å². The summed E-state index contributed by atoms with van der Waals surface area (Å²) in [4.78, 5) is 39.7. The van der Waals surface area contributed by atoms with E-state index in [2.05, 4.69) is 61.3 Å². The van der Waals surface area contributed by atoms with Gasteiger partial charge in [-0.1, -0.05) is 65.7 Å². The number of aromatic nitrogens is 2. The van der Waals surface area contributed by atoms with Crippen LogP contribution in [0.3, 0.4) is 0 Å². The van der Waals surface area contributed by atoms with E-state index in [1.54, 1.807) is 62.3 Å². The first kappa shape index (κ1) is 52.7. The van der Waals surface area contributed by atoms with Gasteiger partial charge in [0, 0.05) is 116 Å². The zero-order valence-electron chi connectivity index (χ0n) is 40.4. The van der Waals surface area contributed by atoms with Crippen molar-refractivity contribution in [3.05, 3.63) is 175 Å². The number of aliphatic hydroxyl groups excluding tert-OH is 1. The molecule has 3 heterocycles. The van der Waals surface area contributed by atoms with Crippen molar-refractivity contribution in [2.24, 2.45) is 9.98 Å². The molecule has 0 bridgehead atoms. The molecular weight excluding hydrogens is 960 g/mol. The summed E-state index contributed by atoms with van der Waals surface area (Å²) in [6, 6.07) is 23.3. The minimum absolute atomic E-state index is 0.137. The van der Waals surface area contributed by atoms with Crippen molar-refractivity contribution in [1.82, 2.24) is 20.6 Å². The minimum atomic E-state index is -1.02. The van der Waals surface area contributed by atoms with Gasteiger partial charge in [0.05, 0.1) is 41.9 Å². The Bertz CT molecular complexity index is 2980. The van der Waals surface area contributed by atoms with E-state index in [1.165, 1.54) is 13.2 Å². The molecule has 0 radical (unpaired) electrons. The number of nitrogens with one attached hydrogen (secondary N) is 2. The summed E-state index contributed by atoms with van der Waals surface area (Å²) in [5.74, 6) is 0.419. The fraction of sp³-hybridized carbons (Fsp3) is 0.273. The minimum Gasteiger partial charge on any atom is -0.488 e. The highest BCUT2D eigenvalue weighted by atomic mass is 35.5. The van der Waals surface area contributed by atoms with Crippen molar-refractivity contribution in [2.75, 3.05) is 33.8 Å². The van der Waals surface area contributed by atoms with Gasteiger partial charge in [-0.15, -0.1) is 0 Å². The molecule has 0 aliphatic carbocycles. The number of carboxylic acids is 1. The molecule has 1 aliphatic heterocycles. The lowest BCUT2D eigenvalue weighted by atomic mass is 9.92. The number of nitrogens with zero attached hydrogens (tertiary/aromatic N) is 4. The number of aliphatic imine (C=N–C) groups is 2. The van der Waals surface area contributed by atoms with E-state index in [-0.39, 0.29) is 39.4 Å². The predicted molar refractivity (Wildman–Crippen MR) is 278 cm³/mol. The van der Waals surface area contributed by atoms with Crippen molar-refractivity contribution in [3.8, 4) is 34.1 Å². The van der Waals surface area contributed by atoms with Gasteiger partial charge >= 0.3 is 11.9 Å². The molecule has 1 atom stereocenters. The molecule has 374 valence electrons. The first-order chi connectivity index (χ1) is 34.9. The van der Waals surface area contributed by atoms with Gasteiger partial charge in [-0.25, -0.2) is 4.79 Å². The van der Waals surface area contributed by atoms with E-state index in [0.29, 0.717) is 59.2 Å². The van der Waals surface area contributed by atoms with E-state index in [1.807, 2.05) is 36.4 Å². The molecule has 15 nitrogen and oxygen atoms in total. The largest absolute Gasteiger partial charge is 0.488 e. The Morgan fingerprint density at radius 1 is 0.736 bits per heavy atom. The summed E-state index contributed by atoms with van der Waals surface area (Å²) in [6.45, 7) is 6.85. The third kappa shape index (κ3) is 14.9. The van der Waals surface area contributed by atoms with Gasteiger partial charge in [0.25, 0.3) is 0 Å². The van der Waals surface area contributed by atoms with E-state index >= 15 is 0 Å². The predicted octanol–water partition coefficient (Wildman–Crippen LogP) is 8.98. The standard InChI is InChI=1S/C55H56Cl2N6O9/c1-34-39(32-71-52-19-50(69-30-37-14-36(21-58-3)22-60-23-37)42(16-47(52)56)26-59-13-7-12-54(65)66)8-5-10-45(34)46-11-6-9-40(35(46)2)33-72-53-20-51(70-31-38-15-41(25-61-24-38)49-29-63-49)43(17-48(53)57)27-62-28-44(64)18-55(67)68-4/h5-12,14-17,19-25,44,59,62,64H,13,18,26-33H2,1-4H3,(H,65,66)/b12-7-,58-21+. The summed E-state index contributed by atoms with van der Waals surface area (Å²) >= 11 is 13.7. The van der Waals surface area contributed by atoms with Crippen molar-refractivity contribution in [1.29, 1.82) is 0 Å². The van der Waals surface area contributed by atoms with E-state index in [4.69, 9.17) is 47.3 Å². The number of hydrogen-bond acceptors (Lipinski definition) is 14. The van der Waals surface area contributed by atoms with Crippen LogP contribution in [0.15, 0.2) is 120 Å². The number of halogens is 2. The molecule has 17 heteroatoms. The quantitative estimate of drug-likeness (QED) is 0.0174. The SMILES string of the molecule is C/N=C/c1cncc(COc2cc(OCc3cccc(-c4cccc(COc5cc(OCc6cncc(C7=NC7)c6)c(CNCC(O)CC(=O)OC)cc5Cl)c4C)c3C)c(Cl)cc2CNC/C=C\C(=O)O)c1. The summed E-state index contributed by atoms with van der Waals surface area (Å²) < 4.78 is 30.3. The molecule has 0 spiro atoms. The van der Waals surface area contributed by atoms with Gasteiger partial charge in [0.15, 0.2) is 0 Å². The molecule has 2 aromatic heterocycles. The van der Waals surface area contributed by atoms with Crippen LogP contribution in [0.2, 0.25) is 10.0 Å². The van der Waals surface area contributed by atoms with Crippen LogP contribution in [0.25, 0.3) is 11.1 Å². The fourth-order valence-corrected chi connectivity index (χ4v) is 8.22. The number of carboxylic acid groups (broad SMARTS) is 1. The number of hydrogen-bond donors (Lipinski definition) is 4. The Balaban J connectivity index is 1.06. The second-order valence-electron chi connectivity index (χ2n) is 16.9. The number of carbonyl (C=O) groups excluding carboxylic acids is 1. The van der Waals surface area contributed by atoms with Gasteiger partial charge in [0.1, 0.15) is 49.4 Å². The van der Waals surface area contributed by atoms with E-state index in [0.717, 1.165) is 78.5 Å². The van der Waals surface area contributed by atoms with Gasteiger partial charge in [0.2, 0.25) is 0 Å². The lowest BCUT2D eigenvalue weighted by Crippen LogP contribution is -2.28. The number of benzene rings is 4. The number of rotatable bonds is 26. The second kappa shape index (κ2) is 25.8. The normalized spacial score (nSPS) is 12.5. The molecule has 1 aliphatic rings. The van der Waals surface area contributed by atoms with Crippen LogP contribution in [-0.4, -0.2) is 83.9 Å². The fourth-order valence-electron chi connectivity index (χ4n) is 7.74. The molecular formula is C55H56Cl2N6O9. The Hall–Kier alpha value is -7.14. The van der Waals surface area contributed by atoms with Crippen LogP contribution in [0.1, 0.15) is 62.1 Å². The molecule has 6 aromatic rings. The average Bonchev–Trinajstić information content (AvgIpc) is 4.22. The highest BCUT2D eigenvalue weighted by Gasteiger charge is 2.19. The Kier molecular flexibility index (Phi) is 18.9. The van der Waals surface area contributed by atoms with Crippen molar-refractivity contribution < 1.29 is 43.5 Å². The first-order valence-electron chi connectivity index (χ1n) is 23.1. The second-order valence-corrected chi connectivity index (χ2v) is 17.7. The molecule has 0 fully saturated rings. The number of aliphatic hydroxyl groups is 1. The van der Waals surface area contributed by atoms with Gasteiger partial charge in [-0.05, 0) is 71.5 Å². The number of methoxy groups -OCH3 is 1. The molecule has 0 amide bonds. The summed E-state index contributed by atoms with van der Waals surface area (Å²) in [5.41, 5.74) is 12.1. The van der Waals surface area contributed by atoms with Crippen LogP contribution in [-0.2, 0) is 53.8 Å². The zero-order valence-corrected chi connectivity index (χ0v) is 41.9. The highest BCUT2D eigenvalue weighted by molar-refractivity contribution is 6.32. The van der Waals surface area contributed by atoms with E-state index in [9.17, 15) is 14.7 Å². The zero-order chi connectivity index (χ0) is 51.0. The average molecular weight is 1020 g/mol. The number of pyridine rings is 2. The van der Waals surface area contributed by atoms with Gasteiger partial charge < -0.3 is 44.5 Å². The lowest BCUT2D eigenvalue weighted by molar-refractivity contribution is -0.142. The molecule has 1 unspecified atom stereocenters. The van der Waals surface area contributed by atoms with Crippen LogP contribution >= 0.6 is 23.2 Å². The van der Waals surface area contributed by atoms with Crippen molar-refractivity contribution >= 4 is 47.1 Å². The lowest BCUT2D eigenvalue weighted by Gasteiger charge is -2.19. The van der Waals surface area contributed by atoms with Crippen molar-refractivity contribution in [2.45, 2.75) is 65.9 Å². The van der Waals surface area contributed by atoms with Crippen LogP contribution in [0.5, 0.6) is 23.0 Å². The smallest absolute Gasteiger partial charge is 0.328 e. The third-order valence-electron chi connectivity index (χ3n) is 11.7. The number of esters is 1. The Labute approximate surface area is 428 Å². The molecule has 4 aromatic carbocycles.